The van der Waals surface area contributed by atoms with Crippen LogP contribution in [-0.4, -0.2) is 51.4 Å². The van der Waals surface area contributed by atoms with Gasteiger partial charge in [0.1, 0.15) is 0 Å². The van der Waals surface area contributed by atoms with Crippen molar-refractivity contribution in [3.63, 3.8) is 0 Å². The van der Waals surface area contributed by atoms with E-state index in [1.54, 1.807) is 23.1 Å². The molecular weight excluding hydrogens is 399 g/mol. The number of likely N-dealkylation sites (tertiary alicyclic amines) is 1. The maximum Gasteiger partial charge on any atom is 0.274 e. The van der Waals surface area contributed by atoms with Gasteiger partial charge in [-0.1, -0.05) is 29.3 Å². The van der Waals surface area contributed by atoms with Crippen molar-refractivity contribution in [1.29, 1.82) is 0 Å². The second-order valence-electron chi connectivity index (χ2n) is 7.36. The fourth-order valence-corrected chi connectivity index (χ4v) is 4.35. The van der Waals surface area contributed by atoms with E-state index in [1.807, 2.05) is 4.90 Å². The van der Waals surface area contributed by atoms with E-state index in [-0.39, 0.29) is 18.2 Å². The Morgan fingerprint density at radius 3 is 2.61 bits per heavy atom. The Labute approximate surface area is 173 Å². The lowest BCUT2D eigenvalue weighted by Gasteiger charge is -2.29. The van der Waals surface area contributed by atoms with E-state index in [9.17, 15) is 9.59 Å². The Kier molecular flexibility index (Phi) is 5.60. The predicted molar refractivity (Wildman–Crippen MR) is 108 cm³/mol. The highest BCUT2D eigenvalue weighted by Gasteiger charge is 2.30. The van der Waals surface area contributed by atoms with Crippen molar-refractivity contribution in [2.24, 2.45) is 0 Å². The Balaban J connectivity index is 1.48. The number of carbonyl (C=O) groups is 2. The third-order valence-electron chi connectivity index (χ3n) is 5.49. The number of aromatic nitrogens is 2. The van der Waals surface area contributed by atoms with Crippen LogP contribution in [0.4, 0.5) is 0 Å². The van der Waals surface area contributed by atoms with Crippen molar-refractivity contribution in [3.05, 3.63) is 50.8 Å². The number of H-pyrrole nitrogens is 1. The van der Waals surface area contributed by atoms with Crippen LogP contribution in [0, 0.1) is 0 Å². The van der Waals surface area contributed by atoms with Crippen molar-refractivity contribution in [2.45, 2.75) is 38.6 Å². The van der Waals surface area contributed by atoms with E-state index < -0.39 is 0 Å². The molecule has 1 N–H and O–H groups in total. The summed E-state index contributed by atoms with van der Waals surface area (Å²) in [6.07, 6.45) is 4.10. The number of piperidine rings is 1. The Bertz CT molecular complexity index is 906. The second-order valence-corrected chi connectivity index (χ2v) is 8.20. The molecule has 3 heterocycles. The number of halogens is 2. The number of amides is 2. The highest BCUT2D eigenvalue weighted by atomic mass is 35.5. The summed E-state index contributed by atoms with van der Waals surface area (Å²) in [5.41, 5.74) is 3.00. The van der Waals surface area contributed by atoms with E-state index in [0.717, 1.165) is 49.2 Å². The molecule has 0 spiro atoms. The summed E-state index contributed by atoms with van der Waals surface area (Å²) in [5.74, 6) is -0.0558. The van der Waals surface area contributed by atoms with Crippen LogP contribution in [0.25, 0.3) is 0 Å². The molecule has 1 aromatic carbocycles. The first kappa shape index (κ1) is 19.3. The first-order valence-electron chi connectivity index (χ1n) is 9.60. The smallest absolute Gasteiger partial charge is 0.274 e. The number of hydrogen-bond donors (Lipinski definition) is 1. The lowest BCUT2D eigenvalue weighted by Crippen LogP contribution is -2.39. The molecule has 2 aliphatic rings. The summed E-state index contributed by atoms with van der Waals surface area (Å²) in [7, 11) is 0. The van der Waals surface area contributed by atoms with E-state index >= 15 is 0 Å². The zero-order chi connectivity index (χ0) is 19.7. The van der Waals surface area contributed by atoms with Crippen LogP contribution in [0.2, 0.25) is 10.0 Å². The minimum Gasteiger partial charge on any atom is -0.338 e. The van der Waals surface area contributed by atoms with Crippen molar-refractivity contribution in [2.75, 3.05) is 19.6 Å². The highest BCUT2D eigenvalue weighted by molar-refractivity contribution is 6.35. The average molecular weight is 421 g/mol. The first-order chi connectivity index (χ1) is 13.5. The van der Waals surface area contributed by atoms with E-state index in [2.05, 4.69) is 10.2 Å². The molecular formula is C20H22Cl2N4O2. The maximum absolute atomic E-state index is 12.9. The number of rotatable bonds is 3. The van der Waals surface area contributed by atoms with Gasteiger partial charge in [-0.2, -0.15) is 5.10 Å². The number of carbonyl (C=O) groups excluding carboxylic acids is 2. The summed E-state index contributed by atoms with van der Waals surface area (Å²) in [4.78, 5) is 29.4. The molecule has 148 valence electrons. The quantitative estimate of drug-likeness (QED) is 0.825. The van der Waals surface area contributed by atoms with Crippen LogP contribution in [0.3, 0.4) is 0 Å². The van der Waals surface area contributed by atoms with Gasteiger partial charge in [0.05, 0.1) is 6.42 Å². The maximum atomic E-state index is 12.9. The minimum atomic E-state index is -0.0350. The summed E-state index contributed by atoms with van der Waals surface area (Å²) in [6.45, 7) is 2.54. The van der Waals surface area contributed by atoms with Gasteiger partial charge in [0.25, 0.3) is 5.91 Å². The molecule has 1 aromatic heterocycles. The summed E-state index contributed by atoms with van der Waals surface area (Å²) >= 11 is 12.1. The van der Waals surface area contributed by atoms with Gasteiger partial charge >= 0.3 is 0 Å². The fraction of sp³-hybridized carbons (Fsp3) is 0.450. The van der Waals surface area contributed by atoms with E-state index in [1.165, 1.54) is 0 Å². The number of aromatic amines is 1. The number of hydrogen-bond acceptors (Lipinski definition) is 3. The topological polar surface area (TPSA) is 69.3 Å². The van der Waals surface area contributed by atoms with Crippen LogP contribution in [0.1, 0.15) is 46.6 Å². The largest absolute Gasteiger partial charge is 0.338 e. The van der Waals surface area contributed by atoms with Gasteiger partial charge in [-0.3, -0.25) is 14.7 Å². The normalized spacial score (nSPS) is 16.8. The Morgan fingerprint density at radius 2 is 1.86 bits per heavy atom. The summed E-state index contributed by atoms with van der Waals surface area (Å²) in [5, 5.41) is 8.32. The molecule has 6 nitrogen and oxygen atoms in total. The van der Waals surface area contributed by atoms with Gasteiger partial charge < -0.3 is 9.80 Å². The lowest BCUT2D eigenvalue weighted by atomic mass is 10.0. The molecule has 0 bridgehead atoms. The minimum absolute atomic E-state index is 0.0209. The van der Waals surface area contributed by atoms with Gasteiger partial charge in [-0.05, 0) is 37.0 Å². The molecule has 2 amide bonds. The Morgan fingerprint density at radius 1 is 1.07 bits per heavy atom. The molecule has 0 radical (unpaired) electrons. The van der Waals surface area contributed by atoms with Crippen LogP contribution >= 0.6 is 23.2 Å². The van der Waals surface area contributed by atoms with Gasteiger partial charge in [-0.15, -0.1) is 0 Å². The third-order valence-corrected chi connectivity index (χ3v) is 6.08. The third kappa shape index (κ3) is 3.89. The van der Waals surface area contributed by atoms with E-state index in [0.29, 0.717) is 35.2 Å². The molecule has 2 aliphatic heterocycles. The van der Waals surface area contributed by atoms with E-state index in [4.69, 9.17) is 23.2 Å². The summed E-state index contributed by atoms with van der Waals surface area (Å²) < 4.78 is 0. The number of benzene rings is 1. The van der Waals surface area contributed by atoms with Gasteiger partial charge in [0, 0.05) is 53.9 Å². The van der Waals surface area contributed by atoms with Crippen LogP contribution in [0.5, 0.6) is 0 Å². The van der Waals surface area contributed by atoms with Crippen molar-refractivity contribution < 1.29 is 9.59 Å². The van der Waals surface area contributed by atoms with Gasteiger partial charge in [0.15, 0.2) is 5.69 Å². The van der Waals surface area contributed by atoms with Crippen LogP contribution < -0.4 is 0 Å². The SMILES string of the molecule is O=C(Cc1ccc(Cl)cc1Cl)N1CCc2[nH]nc(C(=O)N3CCCCC3)c2C1. The zero-order valence-corrected chi connectivity index (χ0v) is 17.0. The lowest BCUT2D eigenvalue weighted by molar-refractivity contribution is -0.131. The monoisotopic (exact) mass is 420 g/mol. The van der Waals surface area contributed by atoms with Crippen molar-refractivity contribution in [3.8, 4) is 0 Å². The molecule has 28 heavy (non-hydrogen) atoms. The van der Waals surface area contributed by atoms with Gasteiger partial charge in [-0.25, -0.2) is 0 Å². The molecule has 0 atom stereocenters. The molecule has 0 unspecified atom stereocenters. The molecule has 4 rings (SSSR count). The van der Waals surface area contributed by atoms with Crippen LogP contribution in [-0.2, 0) is 24.2 Å². The molecule has 0 saturated carbocycles. The number of nitrogens with zero attached hydrogens (tertiary/aromatic N) is 3. The zero-order valence-electron chi connectivity index (χ0n) is 15.5. The standard InChI is InChI=1S/C20H22Cl2N4O2/c21-14-5-4-13(16(22)11-14)10-18(27)26-9-6-17-15(12-26)19(24-23-17)20(28)25-7-2-1-3-8-25/h4-5,11H,1-3,6-10,12H2,(H,23,24). The molecule has 1 fully saturated rings. The van der Waals surface area contributed by atoms with Crippen molar-refractivity contribution >= 4 is 35.0 Å². The summed E-state index contributed by atoms with van der Waals surface area (Å²) in [6, 6.07) is 5.16. The predicted octanol–water partition coefficient (Wildman–Crippen LogP) is 3.47. The fourth-order valence-electron chi connectivity index (χ4n) is 3.87. The molecule has 2 aromatic rings. The van der Waals surface area contributed by atoms with Crippen molar-refractivity contribution in [1.82, 2.24) is 20.0 Å². The highest BCUT2D eigenvalue weighted by Crippen LogP contribution is 2.25. The first-order valence-corrected chi connectivity index (χ1v) is 10.4. The number of fused-ring (bicyclic) bond motifs is 1. The molecule has 8 heteroatoms. The average Bonchev–Trinajstić information content (AvgIpc) is 3.13. The van der Waals surface area contributed by atoms with Crippen LogP contribution in [0.15, 0.2) is 18.2 Å². The number of nitrogens with one attached hydrogen (secondary N) is 1. The molecule has 0 aliphatic carbocycles. The second kappa shape index (κ2) is 8.13. The van der Waals surface area contributed by atoms with Gasteiger partial charge in [0.2, 0.25) is 5.91 Å². The molecule has 1 saturated heterocycles. The Hall–Kier alpha value is -2.05.